The summed E-state index contributed by atoms with van der Waals surface area (Å²) >= 11 is 3.05. The van der Waals surface area contributed by atoms with Crippen molar-refractivity contribution in [2.45, 2.75) is 44.2 Å². The third-order valence-corrected chi connectivity index (χ3v) is 3.83. The molecule has 2 nitrogen and oxygen atoms in total. The van der Waals surface area contributed by atoms with Crippen molar-refractivity contribution in [3.63, 3.8) is 0 Å². The van der Waals surface area contributed by atoms with Gasteiger partial charge < -0.3 is 10.5 Å². The van der Waals surface area contributed by atoms with E-state index in [2.05, 4.69) is 15.9 Å². The van der Waals surface area contributed by atoms with Gasteiger partial charge in [0, 0.05) is 10.5 Å². The number of hydrogen-bond donors (Lipinski definition) is 1. The molecule has 0 aromatic heterocycles. The summed E-state index contributed by atoms with van der Waals surface area (Å²) in [6.07, 6.45) is -1.85. The lowest BCUT2D eigenvalue weighted by atomic mass is 10.1. The second-order valence-electron chi connectivity index (χ2n) is 4.74. The molecule has 0 spiro atoms. The van der Waals surface area contributed by atoms with E-state index < -0.39 is 11.7 Å². The zero-order valence-electron chi connectivity index (χ0n) is 10.2. The molecule has 2 unspecified atom stereocenters. The molecule has 19 heavy (non-hydrogen) atoms. The van der Waals surface area contributed by atoms with Crippen LogP contribution in [-0.4, -0.2) is 12.1 Å². The van der Waals surface area contributed by atoms with E-state index in [1.165, 1.54) is 6.07 Å². The second-order valence-corrected chi connectivity index (χ2v) is 5.66. The molecule has 0 amide bonds. The highest BCUT2D eigenvalue weighted by molar-refractivity contribution is 9.10. The van der Waals surface area contributed by atoms with E-state index in [4.69, 9.17) is 10.5 Å². The van der Waals surface area contributed by atoms with Gasteiger partial charge in [0.05, 0.1) is 18.3 Å². The minimum Gasteiger partial charge on any atom is -0.372 e. The minimum absolute atomic E-state index is 0.0551. The third-order valence-electron chi connectivity index (χ3n) is 3.33. The molecule has 2 atom stereocenters. The molecule has 1 aromatic carbocycles. The zero-order valence-corrected chi connectivity index (χ0v) is 11.8. The molecule has 106 valence electrons. The molecule has 0 radical (unpaired) electrons. The molecule has 0 aliphatic heterocycles. The van der Waals surface area contributed by atoms with Crippen molar-refractivity contribution < 1.29 is 17.9 Å². The van der Waals surface area contributed by atoms with E-state index >= 15 is 0 Å². The molecule has 2 N–H and O–H groups in total. The molecule has 1 aliphatic rings. The average Bonchev–Trinajstić information content (AvgIpc) is 2.72. The van der Waals surface area contributed by atoms with Crippen molar-refractivity contribution in [2.75, 3.05) is 0 Å². The first-order valence-electron chi connectivity index (χ1n) is 6.11. The number of alkyl halides is 3. The molecule has 1 fully saturated rings. The lowest BCUT2D eigenvalue weighted by molar-refractivity contribution is -0.139. The summed E-state index contributed by atoms with van der Waals surface area (Å²) in [4.78, 5) is 0. The van der Waals surface area contributed by atoms with Crippen LogP contribution in [0.2, 0.25) is 0 Å². The molecule has 2 rings (SSSR count). The van der Waals surface area contributed by atoms with Gasteiger partial charge in [-0.2, -0.15) is 13.2 Å². The van der Waals surface area contributed by atoms with Crippen LogP contribution in [0.15, 0.2) is 22.7 Å². The Labute approximate surface area is 118 Å². The van der Waals surface area contributed by atoms with Crippen molar-refractivity contribution in [1.29, 1.82) is 0 Å². The highest BCUT2D eigenvalue weighted by Crippen LogP contribution is 2.34. The first-order chi connectivity index (χ1) is 8.88. The van der Waals surface area contributed by atoms with Crippen molar-refractivity contribution in [3.05, 3.63) is 33.8 Å². The van der Waals surface area contributed by atoms with E-state index in [1.54, 1.807) is 6.07 Å². The Morgan fingerprint density at radius 1 is 1.32 bits per heavy atom. The maximum atomic E-state index is 12.9. The van der Waals surface area contributed by atoms with Gasteiger partial charge in [-0.3, -0.25) is 0 Å². The SMILES string of the molecule is NC1CCCC1OCc1ccc(Br)cc1C(F)(F)F. The molecule has 0 saturated heterocycles. The summed E-state index contributed by atoms with van der Waals surface area (Å²) in [5.74, 6) is 0. The summed E-state index contributed by atoms with van der Waals surface area (Å²) in [6.45, 7) is -0.0551. The van der Waals surface area contributed by atoms with Gasteiger partial charge >= 0.3 is 6.18 Å². The zero-order chi connectivity index (χ0) is 14.0. The van der Waals surface area contributed by atoms with Crippen LogP contribution in [-0.2, 0) is 17.5 Å². The number of rotatable bonds is 3. The molecular formula is C13H15BrF3NO. The summed E-state index contributed by atoms with van der Waals surface area (Å²) in [7, 11) is 0. The Kier molecular flexibility index (Phi) is 4.53. The van der Waals surface area contributed by atoms with Gasteiger partial charge in [0.15, 0.2) is 0 Å². The van der Waals surface area contributed by atoms with Crippen LogP contribution in [0, 0.1) is 0 Å². The molecule has 1 aromatic rings. The quantitative estimate of drug-likeness (QED) is 0.908. The van der Waals surface area contributed by atoms with Crippen LogP contribution in [0.5, 0.6) is 0 Å². The normalized spacial score (nSPS) is 23.8. The molecule has 1 saturated carbocycles. The van der Waals surface area contributed by atoms with Crippen LogP contribution in [0.25, 0.3) is 0 Å². The number of hydrogen-bond acceptors (Lipinski definition) is 2. The van der Waals surface area contributed by atoms with Crippen LogP contribution in [0.4, 0.5) is 13.2 Å². The lowest BCUT2D eigenvalue weighted by Crippen LogP contribution is -2.31. The Morgan fingerprint density at radius 3 is 2.63 bits per heavy atom. The first kappa shape index (κ1) is 14.8. The number of nitrogens with two attached hydrogens (primary N) is 1. The summed E-state index contributed by atoms with van der Waals surface area (Å²) in [5.41, 5.74) is 5.33. The predicted octanol–water partition coefficient (Wildman–Crippen LogP) is 3.86. The number of halogens is 4. The van der Waals surface area contributed by atoms with Crippen molar-refractivity contribution >= 4 is 15.9 Å². The second kappa shape index (κ2) is 5.81. The largest absolute Gasteiger partial charge is 0.416 e. The molecule has 0 heterocycles. The molecule has 1 aliphatic carbocycles. The average molecular weight is 338 g/mol. The van der Waals surface area contributed by atoms with Crippen LogP contribution in [0.3, 0.4) is 0 Å². The van der Waals surface area contributed by atoms with Crippen LogP contribution in [0.1, 0.15) is 30.4 Å². The van der Waals surface area contributed by atoms with E-state index in [9.17, 15) is 13.2 Å². The van der Waals surface area contributed by atoms with Gasteiger partial charge in [-0.25, -0.2) is 0 Å². The molecular weight excluding hydrogens is 323 g/mol. The predicted molar refractivity (Wildman–Crippen MR) is 69.5 cm³/mol. The van der Waals surface area contributed by atoms with Crippen LogP contribution >= 0.6 is 15.9 Å². The van der Waals surface area contributed by atoms with E-state index in [-0.39, 0.29) is 24.3 Å². The minimum atomic E-state index is -4.37. The van der Waals surface area contributed by atoms with E-state index in [1.807, 2.05) is 0 Å². The fourth-order valence-electron chi connectivity index (χ4n) is 2.30. The molecule has 0 bridgehead atoms. The lowest BCUT2D eigenvalue weighted by Gasteiger charge is -2.19. The van der Waals surface area contributed by atoms with Crippen molar-refractivity contribution in [1.82, 2.24) is 0 Å². The van der Waals surface area contributed by atoms with Crippen LogP contribution < -0.4 is 5.73 Å². The third kappa shape index (κ3) is 3.70. The number of benzene rings is 1. The molecule has 6 heteroatoms. The summed E-state index contributed by atoms with van der Waals surface area (Å²) in [5, 5.41) is 0. The van der Waals surface area contributed by atoms with Gasteiger partial charge in [0.1, 0.15) is 0 Å². The summed E-state index contributed by atoms with van der Waals surface area (Å²) < 4.78 is 44.7. The Morgan fingerprint density at radius 2 is 2.05 bits per heavy atom. The van der Waals surface area contributed by atoms with Gasteiger partial charge in [-0.05, 0) is 37.0 Å². The standard InChI is InChI=1S/C13H15BrF3NO/c14-9-5-4-8(10(6-9)13(15,16)17)7-19-12-3-1-2-11(12)18/h4-6,11-12H,1-3,7,18H2. The van der Waals surface area contributed by atoms with E-state index in [0.29, 0.717) is 4.47 Å². The Hall–Kier alpha value is -0.590. The monoisotopic (exact) mass is 337 g/mol. The smallest absolute Gasteiger partial charge is 0.372 e. The highest BCUT2D eigenvalue weighted by atomic mass is 79.9. The van der Waals surface area contributed by atoms with E-state index in [0.717, 1.165) is 25.3 Å². The van der Waals surface area contributed by atoms with Crippen molar-refractivity contribution in [3.8, 4) is 0 Å². The summed E-state index contributed by atoms with van der Waals surface area (Å²) in [6, 6.07) is 4.04. The maximum absolute atomic E-state index is 12.9. The maximum Gasteiger partial charge on any atom is 0.416 e. The van der Waals surface area contributed by atoms with Gasteiger partial charge in [-0.1, -0.05) is 22.0 Å². The van der Waals surface area contributed by atoms with Gasteiger partial charge in [-0.15, -0.1) is 0 Å². The Bertz CT molecular complexity index is 450. The fraction of sp³-hybridized carbons (Fsp3) is 0.538. The van der Waals surface area contributed by atoms with Crippen molar-refractivity contribution in [2.24, 2.45) is 5.73 Å². The van der Waals surface area contributed by atoms with Gasteiger partial charge in [0.25, 0.3) is 0 Å². The topological polar surface area (TPSA) is 35.2 Å². The number of ether oxygens (including phenoxy) is 1. The van der Waals surface area contributed by atoms with Gasteiger partial charge in [0.2, 0.25) is 0 Å². The highest BCUT2D eigenvalue weighted by Gasteiger charge is 2.34. The Balaban J connectivity index is 2.11. The fourth-order valence-corrected chi connectivity index (χ4v) is 2.66. The first-order valence-corrected chi connectivity index (χ1v) is 6.90.